The van der Waals surface area contributed by atoms with E-state index in [4.69, 9.17) is 5.84 Å². The van der Waals surface area contributed by atoms with Crippen LogP contribution in [0.2, 0.25) is 0 Å². The molecule has 23 heavy (non-hydrogen) atoms. The summed E-state index contributed by atoms with van der Waals surface area (Å²) in [5.74, 6) is 5.71. The Morgan fingerprint density at radius 3 is 1.39 bits per heavy atom. The van der Waals surface area contributed by atoms with E-state index in [1.54, 1.807) is 5.01 Å². The maximum absolute atomic E-state index is 5.71. The molecule has 0 heterocycles. The summed E-state index contributed by atoms with van der Waals surface area (Å²) in [7, 11) is 4.08. The highest BCUT2D eigenvalue weighted by Gasteiger charge is 2.27. The molecule has 146 valence electrons. The lowest BCUT2D eigenvalue weighted by Gasteiger charge is -2.37. The van der Waals surface area contributed by atoms with E-state index < -0.39 is 0 Å². The predicted octanol–water partition coefficient (Wildman–Crippen LogP) is 5.80. The molecular formula is C20H51N3. The van der Waals surface area contributed by atoms with Crippen LogP contribution in [0.4, 0.5) is 0 Å². The lowest BCUT2D eigenvalue weighted by Crippen LogP contribution is -2.47. The van der Waals surface area contributed by atoms with Crippen LogP contribution in [0.1, 0.15) is 95.4 Å². The Bertz CT molecular complexity index is 205. The second kappa shape index (κ2) is 18.2. The van der Waals surface area contributed by atoms with Crippen molar-refractivity contribution in [3.05, 3.63) is 0 Å². The summed E-state index contributed by atoms with van der Waals surface area (Å²) in [6.45, 7) is 25.9. The molecule has 3 heteroatoms. The molecule has 0 aliphatic heterocycles. The third-order valence-electron chi connectivity index (χ3n) is 3.35. The van der Waals surface area contributed by atoms with Gasteiger partial charge in [-0.05, 0) is 52.2 Å². The molecule has 0 amide bonds. The Labute approximate surface area is 150 Å². The van der Waals surface area contributed by atoms with E-state index in [9.17, 15) is 0 Å². The van der Waals surface area contributed by atoms with Gasteiger partial charge in [0.05, 0.1) is 0 Å². The van der Waals surface area contributed by atoms with Crippen molar-refractivity contribution in [1.29, 1.82) is 0 Å². The zero-order chi connectivity index (χ0) is 19.7. The predicted molar refractivity (Wildman–Crippen MR) is 111 cm³/mol. The minimum Gasteiger partial charge on any atom is -0.307 e. The summed E-state index contributed by atoms with van der Waals surface area (Å²) < 4.78 is 0. The Hall–Kier alpha value is -0.120. The first kappa shape index (κ1) is 30.7. The largest absolute Gasteiger partial charge is 0.307 e. The fourth-order valence-corrected chi connectivity index (χ4v) is 2.01. The Morgan fingerprint density at radius 2 is 1.22 bits per heavy atom. The van der Waals surface area contributed by atoms with Gasteiger partial charge in [0.25, 0.3) is 0 Å². The summed E-state index contributed by atoms with van der Waals surface area (Å²) in [5.41, 5.74) is 0.440. The van der Waals surface area contributed by atoms with Gasteiger partial charge in [-0.1, -0.05) is 68.7 Å². The number of rotatable bonds is 6. The average molecular weight is 334 g/mol. The van der Waals surface area contributed by atoms with Gasteiger partial charge in [0, 0.05) is 12.6 Å². The van der Waals surface area contributed by atoms with Crippen LogP contribution < -0.4 is 5.84 Å². The molecule has 0 saturated carbocycles. The summed E-state index contributed by atoms with van der Waals surface area (Å²) in [4.78, 5) is 2.34. The van der Waals surface area contributed by atoms with Crippen LogP contribution in [0, 0.1) is 5.41 Å². The molecule has 0 radical (unpaired) electrons. The summed E-state index contributed by atoms with van der Waals surface area (Å²) in [6, 6.07) is 0. The van der Waals surface area contributed by atoms with Crippen molar-refractivity contribution in [2.24, 2.45) is 11.3 Å². The fourth-order valence-electron chi connectivity index (χ4n) is 2.01. The Morgan fingerprint density at radius 1 is 0.826 bits per heavy atom. The van der Waals surface area contributed by atoms with Crippen molar-refractivity contribution < 1.29 is 0 Å². The zero-order valence-corrected chi connectivity index (χ0v) is 19.0. The van der Waals surface area contributed by atoms with E-state index in [0.717, 1.165) is 6.42 Å². The van der Waals surface area contributed by atoms with E-state index in [0.29, 0.717) is 5.41 Å². The van der Waals surface area contributed by atoms with Crippen LogP contribution in [0.3, 0.4) is 0 Å². The van der Waals surface area contributed by atoms with Crippen LogP contribution in [0.25, 0.3) is 0 Å². The lowest BCUT2D eigenvalue weighted by molar-refractivity contribution is 0.104. The average Bonchev–Trinajstić information content (AvgIpc) is 2.47. The van der Waals surface area contributed by atoms with E-state index in [2.05, 4.69) is 60.4 Å². The number of nitrogens with zero attached hydrogens (tertiary/aromatic N) is 2. The second-order valence-electron chi connectivity index (χ2n) is 7.41. The zero-order valence-electron chi connectivity index (χ0n) is 19.0. The number of hydrazine groups is 1. The minimum atomic E-state index is 0.0955. The topological polar surface area (TPSA) is 32.5 Å². The number of nitrogens with two attached hydrogens (primary N) is 1. The molecule has 0 aliphatic rings. The normalized spacial score (nSPS) is 11.0. The highest BCUT2D eigenvalue weighted by atomic mass is 15.4. The van der Waals surface area contributed by atoms with E-state index in [1.165, 1.54) is 25.9 Å². The van der Waals surface area contributed by atoms with Crippen molar-refractivity contribution >= 4 is 0 Å². The molecule has 0 aromatic heterocycles. The van der Waals surface area contributed by atoms with Gasteiger partial charge in [-0.2, -0.15) is 0 Å². The second-order valence-corrected chi connectivity index (χ2v) is 7.41. The van der Waals surface area contributed by atoms with Gasteiger partial charge in [0.1, 0.15) is 0 Å². The first-order valence-corrected chi connectivity index (χ1v) is 9.63. The number of hydrogen-bond donors (Lipinski definition) is 1. The molecular weight excluding hydrogens is 282 g/mol. The van der Waals surface area contributed by atoms with E-state index >= 15 is 0 Å². The van der Waals surface area contributed by atoms with Crippen molar-refractivity contribution in [1.82, 2.24) is 9.91 Å². The van der Waals surface area contributed by atoms with Crippen LogP contribution in [0.5, 0.6) is 0 Å². The van der Waals surface area contributed by atoms with Crippen molar-refractivity contribution in [3.63, 3.8) is 0 Å². The van der Waals surface area contributed by atoms with E-state index in [1.807, 2.05) is 34.7 Å². The quantitative estimate of drug-likeness (QED) is 0.492. The van der Waals surface area contributed by atoms with Crippen molar-refractivity contribution in [3.8, 4) is 0 Å². The van der Waals surface area contributed by atoms with Crippen LogP contribution in [-0.4, -0.2) is 42.6 Å². The lowest BCUT2D eigenvalue weighted by atomic mass is 9.81. The number of hydrogen-bond acceptors (Lipinski definition) is 3. The molecule has 0 aromatic carbocycles. The highest BCUT2D eigenvalue weighted by molar-refractivity contribution is 4.81. The summed E-state index contributed by atoms with van der Waals surface area (Å²) >= 11 is 0. The van der Waals surface area contributed by atoms with E-state index in [-0.39, 0.29) is 5.54 Å². The Kier molecular flexibility index (Phi) is 24.3. The molecule has 0 aliphatic carbocycles. The van der Waals surface area contributed by atoms with Gasteiger partial charge in [-0.15, -0.1) is 0 Å². The standard InChI is InChI=1S/C9H22N2.C7H17N.2C2H6/c1-8(2,3)7-9(4,5)11(6)10;1-4-6-7-8(3)5-2;2*1-2/h7,10H2,1-6H3;4-7H2,1-3H3;2*1-2H3. The van der Waals surface area contributed by atoms with Gasteiger partial charge in [0.2, 0.25) is 0 Å². The van der Waals surface area contributed by atoms with Crippen molar-refractivity contribution in [2.75, 3.05) is 27.2 Å². The molecule has 0 rings (SSSR count). The minimum absolute atomic E-state index is 0.0955. The molecule has 0 fully saturated rings. The molecule has 3 nitrogen and oxygen atoms in total. The maximum Gasteiger partial charge on any atom is 0.0297 e. The fraction of sp³-hybridized carbons (Fsp3) is 1.00. The van der Waals surface area contributed by atoms with Gasteiger partial charge >= 0.3 is 0 Å². The van der Waals surface area contributed by atoms with Crippen LogP contribution in [0.15, 0.2) is 0 Å². The highest BCUT2D eigenvalue weighted by Crippen LogP contribution is 2.28. The molecule has 0 spiro atoms. The molecule has 2 N–H and O–H groups in total. The third kappa shape index (κ3) is 27.0. The van der Waals surface area contributed by atoms with Gasteiger partial charge in [0.15, 0.2) is 0 Å². The smallest absolute Gasteiger partial charge is 0.0297 e. The molecule has 0 saturated heterocycles. The molecule has 0 unspecified atom stereocenters. The monoisotopic (exact) mass is 333 g/mol. The van der Waals surface area contributed by atoms with Gasteiger partial charge in [-0.3, -0.25) is 5.84 Å². The third-order valence-corrected chi connectivity index (χ3v) is 3.35. The van der Waals surface area contributed by atoms with Gasteiger partial charge < -0.3 is 4.90 Å². The van der Waals surface area contributed by atoms with Gasteiger partial charge in [-0.25, -0.2) is 5.01 Å². The Balaban J connectivity index is -0.000000133. The first-order chi connectivity index (χ1) is 10.5. The first-order valence-electron chi connectivity index (χ1n) is 9.63. The molecule has 0 bridgehead atoms. The summed E-state index contributed by atoms with van der Waals surface area (Å²) in [6.07, 6.45) is 3.75. The maximum atomic E-state index is 5.71. The van der Waals surface area contributed by atoms with Crippen LogP contribution in [-0.2, 0) is 0 Å². The SMILES string of the molecule is CC.CC.CCCCN(C)CC.CN(N)C(C)(C)CC(C)(C)C. The molecule has 0 atom stereocenters. The molecule has 0 aromatic rings. The number of unbranched alkanes of at least 4 members (excludes halogenated alkanes) is 1. The van der Waals surface area contributed by atoms with Crippen molar-refractivity contribution in [2.45, 2.75) is 101 Å². The summed E-state index contributed by atoms with van der Waals surface area (Å²) in [5, 5.41) is 1.79. The van der Waals surface area contributed by atoms with Crippen LogP contribution >= 0.6 is 0 Å².